The van der Waals surface area contributed by atoms with Crippen molar-refractivity contribution in [1.82, 2.24) is 15.1 Å². The lowest BCUT2D eigenvalue weighted by Crippen LogP contribution is -2.83. The standard InChI is InChI=1S/C23H26FN3O/c1-26(2)23-13-22(14-23,15-23)25-21(28)27-12-11-16-5-3-4-6-19(16)20(27)17-7-9-18(24)10-8-17/h3-10,20H,11-15H2,1-2H3,(H,25,28)/t20-,22?,23?/m0/s1. The van der Waals surface area contributed by atoms with Crippen LogP contribution < -0.4 is 5.32 Å². The van der Waals surface area contributed by atoms with Crippen LogP contribution in [-0.4, -0.2) is 47.5 Å². The third-order valence-corrected chi connectivity index (χ3v) is 7.05. The lowest BCUT2D eigenvalue weighted by Gasteiger charge is -2.73. The summed E-state index contributed by atoms with van der Waals surface area (Å²) in [5, 5.41) is 3.34. The highest BCUT2D eigenvalue weighted by molar-refractivity contribution is 5.78. The topological polar surface area (TPSA) is 35.6 Å². The number of carbonyl (C=O) groups excluding carboxylic acids is 1. The van der Waals surface area contributed by atoms with Crippen LogP contribution in [0.25, 0.3) is 0 Å². The number of carbonyl (C=O) groups is 1. The molecule has 0 aromatic heterocycles. The number of hydrogen-bond donors (Lipinski definition) is 1. The summed E-state index contributed by atoms with van der Waals surface area (Å²) in [4.78, 5) is 17.5. The van der Waals surface area contributed by atoms with Crippen molar-refractivity contribution in [2.75, 3.05) is 20.6 Å². The Balaban J connectivity index is 1.42. The molecule has 4 nitrogen and oxygen atoms in total. The first-order chi connectivity index (χ1) is 13.4. The molecular formula is C23H26FN3O. The van der Waals surface area contributed by atoms with Gasteiger partial charge in [0.15, 0.2) is 0 Å². The Bertz CT molecular complexity index is 904. The molecule has 5 heteroatoms. The van der Waals surface area contributed by atoms with Crippen LogP contribution in [-0.2, 0) is 6.42 Å². The number of benzene rings is 2. The number of nitrogens with zero attached hydrogens (tertiary/aromatic N) is 2. The van der Waals surface area contributed by atoms with Gasteiger partial charge in [0, 0.05) is 17.6 Å². The molecule has 2 aromatic rings. The number of hydrogen-bond acceptors (Lipinski definition) is 2. The van der Waals surface area contributed by atoms with E-state index in [2.05, 4.69) is 36.4 Å². The smallest absolute Gasteiger partial charge is 0.318 e. The summed E-state index contributed by atoms with van der Waals surface area (Å²) in [7, 11) is 4.24. The van der Waals surface area contributed by atoms with Crippen molar-refractivity contribution in [3.05, 3.63) is 71.0 Å². The number of nitrogens with one attached hydrogen (secondary N) is 1. The van der Waals surface area contributed by atoms with E-state index in [1.165, 1.54) is 17.7 Å². The van der Waals surface area contributed by atoms with Gasteiger partial charge in [-0.2, -0.15) is 0 Å². The third kappa shape index (κ3) is 2.56. The normalized spacial score (nSPS) is 30.3. The van der Waals surface area contributed by atoms with E-state index < -0.39 is 0 Å². The molecule has 1 heterocycles. The first kappa shape index (κ1) is 17.7. The second-order valence-corrected chi connectivity index (χ2v) is 8.96. The van der Waals surface area contributed by atoms with Gasteiger partial charge in [0.1, 0.15) is 5.82 Å². The van der Waals surface area contributed by atoms with E-state index in [9.17, 15) is 9.18 Å². The minimum atomic E-state index is -0.258. The van der Waals surface area contributed by atoms with Crippen LogP contribution in [0.5, 0.6) is 0 Å². The Morgan fingerprint density at radius 2 is 1.79 bits per heavy atom. The number of halogens is 1. The quantitative estimate of drug-likeness (QED) is 0.882. The van der Waals surface area contributed by atoms with Crippen LogP contribution in [0.15, 0.2) is 48.5 Å². The third-order valence-electron chi connectivity index (χ3n) is 7.05. The largest absolute Gasteiger partial charge is 0.332 e. The number of urea groups is 1. The van der Waals surface area contributed by atoms with E-state index in [4.69, 9.17) is 0 Å². The Labute approximate surface area is 165 Å². The van der Waals surface area contributed by atoms with Crippen LogP contribution in [0, 0.1) is 5.82 Å². The second-order valence-electron chi connectivity index (χ2n) is 8.96. The zero-order valence-electron chi connectivity index (χ0n) is 16.4. The maximum atomic E-state index is 13.5. The predicted octanol–water partition coefficient (Wildman–Crippen LogP) is 3.72. The van der Waals surface area contributed by atoms with Crippen molar-refractivity contribution in [2.24, 2.45) is 0 Å². The van der Waals surface area contributed by atoms with Gasteiger partial charge in [-0.25, -0.2) is 9.18 Å². The van der Waals surface area contributed by atoms with Crippen LogP contribution in [0.3, 0.4) is 0 Å². The van der Waals surface area contributed by atoms with E-state index in [1.807, 2.05) is 17.0 Å². The highest BCUT2D eigenvalue weighted by atomic mass is 19.1. The van der Waals surface area contributed by atoms with Gasteiger partial charge in [-0.1, -0.05) is 36.4 Å². The second kappa shape index (κ2) is 6.05. The van der Waals surface area contributed by atoms with Gasteiger partial charge in [-0.15, -0.1) is 0 Å². The molecule has 4 aliphatic rings. The van der Waals surface area contributed by atoms with Gasteiger partial charge in [-0.05, 0) is 68.6 Å². The number of amides is 2. The van der Waals surface area contributed by atoms with Crippen LogP contribution in [0.2, 0.25) is 0 Å². The van der Waals surface area contributed by atoms with Gasteiger partial charge < -0.3 is 15.1 Å². The Hall–Kier alpha value is -2.40. The summed E-state index contributed by atoms with van der Waals surface area (Å²) in [6.45, 7) is 0.666. The van der Waals surface area contributed by atoms with Gasteiger partial charge in [0.25, 0.3) is 0 Å². The fraction of sp³-hybridized carbons (Fsp3) is 0.435. The molecule has 0 unspecified atom stereocenters. The summed E-state index contributed by atoms with van der Waals surface area (Å²) >= 11 is 0. The van der Waals surface area contributed by atoms with Gasteiger partial charge >= 0.3 is 6.03 Å². The molecule has 28 heavy (non-hydrogen) atoms. The lowest BCUT2D eigenvalue weighted by atomic mass is 9.43. The maximum absolute atomic E-state index is 13.5. The van der Waals surface area contributed by atoms with E-state index in [-0.39, 0.29) is 29.0 Å². The molecule has 3 fully saturated rings. The van der Waals surface area contributed by atoms with Crippen molar-refractivity contribution in [3.8, 4) is 0 Å². The summed E-state index contributed by atoms with van der Waals surface area (Å²) < 4.78 is 13.5. The molecule has 146 valence electrons. The average molecular weight is 379 g/mol. The molecule has 1 atom stereocenters. The van der Waals surface area contributed by atoms with Crippen LogP contribution in [0.1, 0.15) is 42.0 Å². The minimum absolute atomic E-state index is 0.00381. The number of rotatable bonds is 3. The molecule has 6 rings (SSSR count). The summed E-state index contributed by atoms with van der Waals surface area (Å²) in [6.07, 6.45) is 3.94. The first-order valence-electron chi connectivity index (χ1n) is 10.0. The highest BCUT2D eigenvalue weighted by Crippen LogP contribution is 2.62. The van der Waals surface area contributed by atoms with E-state index in [1.54, 1.807) is 12.1 Å². The Morgan fingerprint density at radius 3 is 2.46 bits per heavy atom. The minimum Gasteiger partial charge on any atom is -0.332 e. The molecule has 2 bridgehead atoms. The molecule has 3 aliphatic carbocycles. The first-order valence-corrected chi connectivity index (χ1v) is 10.0. The monoisotopic (exact) mass is 379 g/mol. The van der Waals surface area contributed by atoms with E-state index in [0.29, 0.717) is 6.54 Å². The number of fused-ring (bicyclic) bond motifs is 1. The van der Waals surface area contributed by atoms with Gasteiger partial charge in [-0.3, -0.25) is 0 Å². The molecule has 2 aromatic carbocycles. The molecule has 0 spiro atoms. The van der Waals surface area contributed by atoms with Crippen LogP contribution in [0.4, 0.5) is 9.18 Å². The van der Waals surface area contributed by atoms with Crippen molar-refractivity contribution >= 4 is 6.03 Å². The molecule has 1 N–H and O–H groups in total. The van der Waals surface area contributed by atoms with Crippen LogP contribution >= 0.6 is 0 Å². The van der Waals surface area contributed by atoms with E-state index in [0.717, 1.165) is 36.8 Å². The molecule has 0 radical (unpaired) electrons. The fourth-order valence-electron chi connectivity index (χ4n) is 5.43. The molecule has 2 amide bonds. The highest BCUT2D eigenvalue weighted by Gasteiger charge is 2.69. The van der Waals surface area contributed by atoms with Gasteiger partial charge in [0.2, 0.25) is 0 Å². The zero-order chi connectivity index (χ0) is 19.5. The fourth-order valence-corrected chi connectivity index (χ4v) is 5.43. The predicted molar refractivity (Wildman–Crippen MR) is 107 cm³/mol. The zero-order valence-corrected chi connectivity index (χ0v) is 16.4. The Kier molecular flexibility index (Phi) is 3.82. The molecule has 3 saturated carbocycles. The SMILES string of the molecule is CN(C)C12CC(NC(=O)N3CCc4ccccc4[C@@H]3c3ccc(F)cc3)(C1)C2. The van der Waals surface area contributed by atoms with Gasteiger partial charge in [0.05, 0.1) is 6.04 Å². The molecular weight excluding hydrogens is 353 g/mol. The summed E-state index contributed by atoms with van der Waals surface area (Å²) in [6, 6.07) is 14.6. The van der Waals surface area contributed by atoms with E-state index >= 15 is 0 Å². The molecule has 1 aliphatic heterocycles. The van der Waals surface area contributed by atoms with Crippen molar-refractivity contribution in [3.63, 3.8) is 0 Å². The Morgan fingerprint density at radius 1 is 1.11 bits per heavy atom. The summed E-state index contributed by atoms with van der Waals surface area (Å²) in [5.74, 6) is -0.258. The maximum Gasteiger partial charge on any atom is 0.318 e. The van der Waals surface area contributed by atoms with Crippen molar-refractivity contribution in [1.29, 1.82) is 0 Å². The lowest BCUT2D eigenvalue weighted by molar-refractivity contribution is -0.157. The average Bonchev–Trinajstić information content (AvgIpc) is 2.62. The van der Waals surface area contributed by atoms with Crippen molar-refractivity contribution in [2.45, 2.75) is 42.8 Å². The summed E-state index contributed by atoms with van der Waals surface area (Å²) in [5.41, 5.74) is 3.60. The molecule has 0 saturated heterocycles. The van der Waals surface area contributed by atoms with Crippen molar-refractivity contribution < 1.29 is 9.18 Å².